The van der Waals surface area contributed by atoms with Gasteiger partial charge in [-0.05, 0) is 74.7 Å². The normalized spacial score (nSPS) is 17.3. The highest BCUT2D eigenvalue weighted by Gasteiger charge is 2.27. The number of carbonyl (C=O) groups is 1. The van der Waals surface area contributed by atoms with Gasteiger partial charge in [0.2, 0.25) is 0 Å². The van der Waals surface area contributed by atoms with Gasteiger partial charge < -0.3 is 66.8 Å². The Bertz CT molecular complexity index is 743. The molecule has 58 heavy (non-hydrogen) atoms. The smallest absolute Gasteiger partial charge is 0.410 e. The molecule has 0 aliphatic carbocycles. The second kappa shape index (κ2) is 42.4. The number of piperidine rings is 1. The number of carbonyl (C=O) groups excluding carboxylic acids is 1. The molecule has 2 aliphatic rings. The van der Waals surface area contributed by atoms with E-state index in [0.717, 1.165) is 6.42 Å². The van der Waals surface area contributed by atoms with Crippen molar-refractivity contribution >= 4 is 6.09 Å². The summed E-state index contributed by atoms with van der Waals surface area (Å²) in [4.78, 5) is 15.9. The quantitative estimate of drug-likeness (QED) is 0.201. The van der Waals surface area contributed by atoms with E-state index in [-0.39, 0.29) is 12.2 Å². The number of nitrogens with zero attached hydrogens (tertiary/aromatic N) is 2. The van der Waals surface area contributed by atoms with E-state index in [0.29, 0.717) is 176 Å². The van der Waals surface area contributed by atoms with Crippen molar-refractivity contribution in [1.29, 1.82) is 0 Å². The molecule has 2 rings (SSSR count). The molecule has 0 spiro atoms. The Morgan fingerprint density at radius 1 is 0.586 bits per heavy atom. The van der Waals surface area contributed by atoms with Crippen LogP contribution in [-0.2, 0) is 56.8 Å². The second-order valence-corrected chi connectivity index (χ2v) is 14.9. The Morgan fingerprint density at radius 2 is 0.862 bits per heavy atom. The fourth-order valence-corrected chi connectivity index (χ4v) is 5.36. The predicted octanol–water partition coefficient (Wildman–Crippen LogP) is 4.71. The van der Waals surface area contributed by atoms with Gasteiger partial charge in [0.05, 0.1) is 138 Å². The molecular weight excluding hydrogens is 756 g/mol. The molecule has 2 heterocycles. The summed E-state index contributed by atoms with van der Waals surface area (Å²) in [5, 5.41) is 9.31. The highest BCUT2D eigenvalue weighted by Crippen LogP contribution is 2.18. The topological polar surface area (TPSA) is 155 Å². The van der Waals surface area contributed by atoms with Gasteiger partial charge in [-0.25, -0.2) is 4.79 Å². The fraction of sp³-hybridized carbons (Fsp3) is 0.976. The van der Waals surface area contributed by atoms with Crippen molar-refractivity contribution in [1.82, 2.24) is 9.80 Å². The number of aliphatic hydroxyl groups is 1. The highest BCUT2D eigenvalue weighted by atomic mass is 16.6. The van der Waals surface area contributed by atoms with Crippen LogP contribution in [0.25, 0.3) is 0 Å². The third kappa shape index (κ3) is 40.2. The second-order valence-electron chi connectivity index (χ2n) is 14.9. The van der Waals surface area contributed by atoms with Gasteiger partial charge in [0, 0.05) is 45.4 Å². The lowest BCUT2D eigenvalue weighted by Crippen LogP contribution is -2.43. The summed E-state index contributed by atoms with van der Waals surface area (Å²) < 4.78 is 62.7. The lowest BCUT2D eigenvalue weighted by molar-refractivity contribution is -0.0334. The zero-order valence-electron chi connectivity index (χ0n) is 38.6. The molecule has 16 nitrogen and oxygen atoms in total. The molecule has 0 atom stereocenters. The summed E-state index contributed by atoms with van der Waals surface area (Å²) in [5.74, 6) is 0. The van der Waals surface area contributed by atoms with Gasteiger partial charge in [0.25, 0.3) is 0 Å². The van der Waals surface area contributed by atoms with Crippen LogP contribution in [0.1, 0.15) is 81.6 Å². The Morgan fingerprint density at radius 3 is 1.09 bits per heavy atom. The van der Waals surface area contributed by atoms with Crippen LogP contribution in [0, 0.1) is 0 Å². The van der Waals surface area contributed by atoms with Gasteiger partial charge in [0.1, 0.15) is 5.60 Å². The number of likely N-dealkylation sites (tertiary alicyclic amines) is 1. The van der Waals surface area contributed by atoms with Crippen LogP contribution in [0.3, 0.4) is 0 Å². The van der Waals surface area contributed by atoms with Gasteiger partial charge in [-0.3, -0.25) is 4.90 Å². The summed E-state index contributed by atoms with van der Waals surface area (Å²) >= 11 is 0. The zero-order valence-corrected chi connectivity index (χ0v) is 38.6. The molecule has 0 aromatic heterocycles. The number of hydrogen-bond donors (Lipinski definition) is 1. The third-order valence-corrected chi connectivity index (χ3v) is 8.57. The first-order valence-corrected chi connectivity index (χ1v) is 21.4. The van der Waals surface area contributed by atoms with E-state index in [1.807, 2.05) is 20.8 Å². The Balaban J connectivity index is 0. The van der Waals surface area contributed by atoms with Crippen molar-refractivity contribution < 1.29 is 66.7 Å². The van der Waals surface area contributed by atoms with Crippen LogP contribution < -0.4 is 0 Å². The molecule has 2 aliphatic heterocycles. The number of rotatable bonds is 17. The van der Waals surface area contributed by atoms with Crippen molar-refractivity contribution in [2.45, 2.75) is 111 Å². The van der Waals surface area contributed by atoms with Crippen LogP contribution in [0.5, 0.6) is 0 Å². The Hall–Kier alpha value is -1.25. The molecule has 2 saturated heterocycles. The molecule has 16 heteroatoms. The Labute approximate surface area is 353 Å². The molecule has 0 bridgehead atoms. The van der Waals surface area contributed by atoms with Crippen LogP contribution in [0.2, 0.25) is 0 Å². The third-order valence-electron chi connectivity index (χ3n) is 8.57. The first-order valence-electron chi connectivity index (χ1n) is 21.4. The van der Waals surface area contributed by atoms with Crippen molar-refractivity contribution in [3.63, 3.8) is 0 Å². The van der Waals surface area contributed by atoms with E-state index in [9.17, 15) is 9.90 Å². The number of methoxy groups -OCH3 is 2. The zero-order chi connectivity index (χ0) is 43.7. The lowest BCUT2D eigenvalue weighted by atomic mass is 10.1. The van der Waals surface area contributed by atoms with Crippen LogP contribution >= 0.6 is 0 Å². The van der Waals surface area contributed by atoms with Gasteiger partial charge in [-0.1, -0.05) is 6.92 Å². The molecule has 0 aromatic carbocycles. The summed E-state index contributed by atoms with van der Waals surface area (Å²) in [5.41, 5.74) is -0.396. The molecular formula is C42H88N2O14. The number of ether oxygens (including phenoxy) is 12. The minimum absolute atomic E-state index is 0.256. The van der Waals surface area contributed by atoms with E-state index in [1.165, 1.54) is 0 Å². The van der Waals surface area contributed by atoms with Gasteiger partial charge in [-0.15, -0.1) is 0 Å². The Kier molecular flexibility index (Phi) is 43.1. The number of amides is 1. The van der Waals surface area contributed by atoms with Crippen LogP contribution in [0.4, 0.5) is 4.79 Å². The van der Waals surface area contributed by atoms with E-state index < -0.39 is 5.60 Å². The van der Waals surface area contributed by atoms with Crippen LogP contribution in [0.15, 0.2) is 0 Å². The van der Waals surface area contributed by atoms with Gasteiger partial charge in [-0.2, -0.15) is 0 Å². The minimum atomic E-state index is -0.396. The maximum Gasteiger partial charge on any atom is 0.410 e. The standard InChI is InChI=1S/C12H24O6.C11H21NO3.C10H22O5.C9H21N/c1-2-14-5-6-16-9-10-18-12-11-17-8-7-15-4-3-13-1;1-4-11(2,3)15-10(14)12-7-5-9(13)6-8-12;1-11-3-5-13-7-9-15-10-8-14-6-4-12-2;1-7(2)10(8(3)4)9(5)6/h1-12H2;9,13H,4-8H2,1-3H3;3-10H2,1-2H3;7-9H,1-6H3. The maximum atomic E-state index is 11.7. The molecule has 350 valence electrons. The first-order chi connectivity index (χ1) is 27.8. The SMILES string of the molecule is C1COCCOCCOCCOCCOCCO1.CC(C)N(C(C)C)C(C)C.CCC(C)(C)OC(=O)N1CCC(O)CC1.COCCOCCOCCOCCOC. The van der Waals surface area contributed by atoms with Gasteiger partial charge in [0.15, 0.2) is 0 Å². The fourth-order valence-electron chi connectivity index (χ4n) is 5.36. The first kappa shape index (κ1) is 58.8. The highest BCUT2D eigenvalue weighted by molar-refractivity contribution is 5.68. The summed E-state index contributed by atoms with van der Waals surface area (Å²) in [7, 11) is 3.30. The predicted molar refractivity (Wildman–Crippen MR) is 226 cm³/mol. The van der Waals surface area contributed by atoms with Crippen molar-refractivity contribution in [3.8, 4) is 0 Å². The van der Waals surface area contributed by atoms with E-state index in [2.05, 4.69) is 46.4 Å². The summed E-state index contributed by atoms with van der Waals surface area (Å²) in [6.45, 7) is 32.4. The molecule has 0 aromatic rings. The summed E-state index contributed by atoms with van der Waals surface area (Å²) in [6.07, 6.45) is 1.60. The summed E-state index contributed by atoms with van der Waals surface area (Å²) in [6, 6.07) is 2.00. The molecule has 2 fully saturated rings. The monoisotopic (exact) mass is 845 g/mol. The molecule has 0 radical (unpaired) electrons. The largest absolute Gasteiger partial charge is 0.443 e. The van der Waals surface area contributed by atoms with Crippen LogP contribution in [-0.4, -0.2) is 210 Å². The molecule has 1 amide bonds. The number of hydrogen-bond acceptors (Lipinski definition) is 15. The average Bonchev–Trinajstić information content (AvgIpc) is 3.17. The molecule has 1 N–H and O–H groups in total. The van der Waals surface area contributed by atoms with Gasteiger partial charge >= 0.3 is 6.09 Å². The van der Waals surface area contributed by atoms with Crippen molar-refractivity contribution in [3.05, 3.63) is 0 Å². The van der Waals surface area contributed by atoms with Crippen molar-refractivity contribution in [2.75, 3.05) is 159 Å². The van der Waals surface area contributed by atoms with E-state index in [4.69, 9.17) is 56.8 Å². The van der Waals surface area contributed by atoms with E-state index >= 15 is 0 Å². The van der Waals surface area contributed by atoms with E-state index in [1.54, 1.807) is 19.1 Å². The maximum absolute atomic E-state index is 11.7. The minimum Gasteiger partial charge on any atom is -0.443 e. The lowest BCUT2D eigenvalue weighted by Gasteiger charge is -2.34. The average molecular weight is 845 g/mol. The number of aliphatic hydroxyl groups excluding tert-OH is 1. The molecule has 0 unspecified atom stereocenters. The van der Waals surface area contributed by atoms with Crippen molar-refractivity contribution in [2.24, 2.45) is 0 Å². The molecule has 0 saturated carbocycles.